The van der Waals surface area contributed by atoms with Gasteiger partial charge in [-0.05, 0) is 25.8 Å². The highest BCUT2D eigenvalue weighted by atomic mass is 79.9. The summed E-state index contributed by atoms with van der Waals surface area (Å²) in [6.45, 7) is 7.50. The number of likely N-dealkylation sites (tertiary alicyclic amines) is 1. The Kier molecular flexibility index (Phi) is 4.62. The largest absolute Gasteiger partial charge is 0.497 e. The van der Waals surface area contributed by atoms with E-state index in [1.807, 2.05) is 19.1 Å². The van der Waals surface area contributed by atoms with Crippen molar-refractivity contribution in [3.63, 3.8) is 0 Å². The molecule has 1 aromatic rings. The summed E-state index contributed by atoms with van der Waals surface area (Å²) < 4.78 is 5.30. The van der Waals surface area contributed by atoms with Gasteiger partial charge in [0.25, 0.3) is 0 Å². The van der Waals surface area contributed by atoms with Crippen molar-refractivity contribution in [2.75, 3.05) is 20.2 Å². The first-order valence-electron chi connectivity index (χ1n) is 6.46. The number of piperidine rings is 1. The fourth-order valence-corrected chi connectivity index (χ4v) is 2.85. The van der Waals surface area contributed by atoms with Crippen molar-refractivity contribution in [2.24, 2.45) is 5.92 Å². The zero-order valence-electron chi connectivity index (χ0n) is 11.3. The molecule has 0 bridgehead atoms. The van der Waals surface area contributed by atoms with Crippen LogP contribution in [0.5, 0.6) is 5.75 Å². The van der Waals surface area contributed by atoms with E-state index in [1.165, 1.54) is 6.42 Å². The third kappa shape index (κ3) is 3.45. The number of alkyl halides is 1. The van der Waals surface area contributed by atoms with Crippen LogP contribution in [0.2, 0.25) is 0 Å². The molecule has 0 amide bonds. The Morgan fingerprint density at radius 3 is 2.94 bits per heavy atom. The summed E-state index contributed by atoms with van der Waals surface area (Å²) in [5, 5.41) is 0. The molecule has 2 atom stereocenters. The summed E-state index contributed by atoms with van der Waals surface area (Å²) in [6.07, 6.45) is 1.21. The second-order valence-corrected chi connectivity index (χ2v) is 6.33. The Morgan fingerprint density at radius 1 is 1.50 bits per heavy atom. The number of hydrogen-bond acceptors (Lipinski definition) is 3. The Labute approximate surface area is 118 Å². The molecule has 100 valence electrons. The van der Waals surface area contributed by atoms with Crippen LogP contribution < -0.4 is 4.74 Å². The lowest BCUT2D eigenvalue weighted by Gasteiger charge is -2.34. The van der Waals surface area contributed by atoms with Gasteiger partial charge in [0.1, 0.15) is 5.75 Å². The Balaban J connectivity index is 2.03. The first-order valence-corrected chi connectivity index (χ1v) is 7.38. The molecule has 0 aliphatic carbocycles. The van der Waals surface area contributed by atoms with Gasteiger partial charge in [0.2, 0.25) is 0 Å². The molecular weight excluding hydrogens is 292 g/mol. The van der Waals surface area contributed by atoms with Crippen LogP contribution in [0.25, 0.3) is 0 Å². The number of aryl methyl sites for hydroxylation is 1. The predicted molar refractivity (Wildman–Crippen MR) is 77.3 cm³/mol. The van der Waals surface area contributed by atoms with Gasteiger partial charge in [-0.2, -0.15) is 0 Å². The van der Waals surface area contributed by atoms with Gasteiger partial charge in [-0.3, -0.25) is 9.88 Å². The van der Waals surface area contributed by atoms with Crippen molar-refractivity contribution >= 4 is 15.9 Å². The van der Waals surface area contributed by atoms with Crippen LogP contribution >= 0.6 is 15.9 Å². The smallest absolute Gasteiger partial charge is 0.122 e. The number of methoxy groups -OCH3 is 1. The molecule has 0 aromatic carbocycles. The van der Waals surface area contributed by atoms with E-state index in [4.69, 9.17) is 4.74 Å². The maximum atomic E-state index is 5.30. The highest BCUT2D eigenvalue weighted by Gasteiger charge is 2.24. The van der Waals surface area contributed by atoms with Crippen molar-refractivity contribution in [3.8, 4) is 5.75 Å². The fourth-order valence-electron chi connectivity index (χ4n) is 2.48. The van der Waals surface area contributed by atoms with Gasteiger partial charge in [0.05, 0.1) is 12.8 Å². The number of halogens is 1. The van der Waals surface area contributed by atoms with Gasteiger partial charge in [0.15, 0.2) is 0 Å². The minimum atomic E-state index is 0.661. The standard InChI is InChI=1S/C14H21BrN2O/c1-10-8-17(5-4-14(10)15)9-12-7-13(18-3)6-11(2)16-12/h6-7,10,14H,4-5,8-9H2,1-3H3. The molecule has 2 rings (SSSR count). The van der Waals surface area contributed by atoms with Crippen molar-refractivity contribution in [2.45, 2.75) is 31.6 Å². The van der Waals surface area contributed by atoms with E-state index in [1.54, 1.807) is 7.11 Å². The van der Waals surface area contributed by atoms with Gasteiger partial charge in [-0.15, -0.1) is 0 Å². The summed E-state index contributed by atoms with van der Waals surface area (Å²) in [7, 11) is 1.71. The van der Waals surface area contributed by atoms with E-state index in [0.717, 1.165) is 36.8 Å². The maximum Gasteiger partial charge on any atom is 0.122 e. The highest BCUT2D eigenvalue weighted by Crippen LogP contribution is 2.24. The molecule has 3 nitrogen and oxygen atoms in total. The highest BCUT2D eigenvalue weighted by molar-refractivity contribution is 9.09. The molecule has 0 saturated carbocycles. The normalized spacial score (nSPS) is 25.1. The van der Waals surface area contributed by atoms with Crippen molar-refractivity contribution in [1.82, 2.24) is 9.88 Å². The summed E-state index contributed by atoms with van der Waals surface area (Å²) in [6, 6.07) is 4.01. The van der Waals surface area contributed by atoms with Crippen LogP contribution in [0.1, 0.15) is 24.7 Å². The molecule has 0 N–H and O–H groups in total. The number of aromatic nitrogens is 1. The molecular formula is C14H21BrN2O. The first kappa shape index (κ1) is 13.8. The lowest BCUT2D eigenvalue weighted by atomic mass is 10.00. The lowest BCUT2D eigenvalue weighted by Crippen LogP contribution is -2.39. The van der Waals surface area contributed by atoms with Crippen LogP contribution in [0.15, 0.2) is 12.1 Å². The Bertz CT molecular complexity index is 411. The molecule has 1 saturated heterocycles. The average Bonchev–Trinajstić information content (AvgIpc) is 2.33. The van der Waals surface area contributed by atoms with Gasteiger partial charge < -0.3 is 4.74 Å². The number of pyridine rings is 1. The van der Waals surface area contributed by atoms with Crippen LogP contribution in [0, 0.1) is 12.8 Å². The third-order valence-electron chi connectivity index (χ3n) is 3.49. The zero-order valence-corrected chi connectivity index (χ0v) is 12.9. The predicted octanol–water partition coefficient (Wildman–Crippen LogP) is 3.00. The van der Waals surface area contributed by atoms with Gasteiger partial charge in [0, 0.05) is 35.7 Å². The van der Waals surface area contributed by atoms with E-state index in [9.17, 15) is 0 Å². The molecule has 0 spiro atoms. The molecule has 1 aromatic heterocycles. The van der Waals surface area contributed by atoms with Crippen LogP contribution in [-0.4, -0.2) is 34.9 Å². The second-order valence-electron chi connectivity index (χ2n) is 5.16. The van der Waals surface area contributed by atoms with E-state index in [0.29, 0.717) is 10.7 Å². The van der Waals surface area contributed by atoms with E-state index < -0.39 is 0 Å². The second kappa shape index (κ2) is 6.02. The topological polar surface area (TPSA) is 25.4 Å². The Morgan fingerprint density at radius 2 is 2.28 bits per heavy atom. The minimum absolute atomic E-state index is 0.661. The average molecular weight is 313 g/mol. The summed E-state index contributed by atoms with van der Waals surface area (Å²) in [5.74, 6) is 1.60. The van der Waals surface area contributed by atoms with Crippen molar-refractivity contribution in [3.05, 3.63) is 23.5 Å². The van der Waals surface area contributed by atoms with Gasteiger partial charge in [-0.1, -0.05) is 22.9 Å². The summed E-state index contributed by atoms with van der Waals surface area (Å²) in [4.78, 5) is 7.72. The lowest BCUT2D eigenvalue weighted by molar-refractivity contribution is 0.181. The summed E-state index contributed by atoms with van der Waals surface area (Å²) >= 11 is 3.74. The van der Waals surface area contributed by atoms with Crippen LogP contribution in [-0.2, 0) is 6.54 Å². The van der Waals surface area contributed by atoms with Gasteiger partial charge >= 0.3 is 0 Å². The van der Waals surface area contributed by atoms with Crippen LogP contribution in [0.4, 0.5) is 0 Å². The SMILES string of the molecule is COc1cc(C)nc(CN2CCC(Br)C(C)C2)c1. The molecule has 1 aliphatic rings. The molecule has 0 radical (unpaired) electrons. The van der Waals surface area contributed by atoms with Crippen LogP contribution in [0.3, 0.4) is 0 Å². The van der Waals surface area contributed by atoms with Crippen molar-refractivity contribution in [1.29, 1.82) is 0 Å². The molecule has 1 fully saturated rings. The first-order chi connectivity index (χ1) is 8.58. The molecule has 4 heteroatoms. The zero-order chi connectivity index (χ0) is 13.1. The maximum absolute atomic E-state index is 5.30. The molecule has 18 heavy (non-hydrogen) atoms. The Hall–Kier alpha value is -0.610. The third-order valence-corrected chi connectivity index (χ3v) is 4.85. The molecule has 2 unspecified atom stereocenters. The van der Waals surface area contributed by atoms with E-state index >= 15 is 0 Å². The summed E-state index contributed by atoms with van der Waals surface area (Å²) in [5.41, 5.74) is 2.12. The van der Waals surface area contributed by atoms with E-state index in [-0.39, 0.29) is 0 Å². The number of ether oxygens (including phenoxy) is 1. The van der Waals surface area contributed by atoms with Gasteiger partial charge in [-0.25, -0.2) is 0 Å². The van der Waals surface area contributed by atoms with Crippen molar-refractivity contribution < 1.29 is 4.74 Å². The number of rotatable bonds is 3. The quantitative estimate of drug-likeness (QED) is 0.802. The monoisotopic (exact) mass is 312 g/mol. The number of hydrogen-bond donors (Lipinski definition) is 0. The molecule has 2 heterocycles. The molecule has 1 aliphatic heterocycles. The minimum Gasteiger partial charge on any atom is -0.497 e. The van der Waals surface area contributed by atoms with E-state index in [2.05, 4.69) is 32.7 Å². The number of nitrogens with zero attached hydrogens (tertiary/aromatic N) is 2. The fraction of sp³-hybridized carbons (Fsp3) is 0.643.